The maximum absolute atomic E-state index is 14.0. The lowest BCUT2D eigenvalue weighted by atomic mass is 9.94. The van der Waals surface area contributed by atoms with E-state index < -0.39 is 77.3 Å². The minimum absolute atomic E-state index is 0.0162. The maximum Gasteiger partial charge on any atom is 0.308 e. The van der Waals surface area contributed by atoms with Crippen LogP contribution in [-0.4, -0.2) is 65.0 Å². The average molecular weight is 608 g/mol. The van der Waals surface area contributed by atoms with E-state index >= 15 is 0 Å². The Morgan fingerprint density at radius 2 is 1.67 bits per heavy atom. The molecule has 1 atom stereocenters. The molecule has 1 aliphatic rings. The largest absolute Gasteiger partial charge is 0.479 e. The predicted octanol–water partition coefficient (Wildman–Crippen LogP) is 4.10. The van der Waals surface area contributed by atoms with Gasteiger partial charge in [0, 0.05) is 25.1 Å². The molecule has 14 heteroatoms. The topological polar surface area (TPSA) is 128 Å². The zero-order chi connectivity index (χ0) is 31.5. The smallest absolute Gasteiger partial charge is 0.308 e. The molecule has 2 aromatic carbocycles. The van der Waals surface area contributed by atoms with Gasteiger partial charge in [0.25, 0.3) is 5.91 Å². The van der Waals surface area contributed by atoms with Gasteiger partial charge in [0.1, 0.15) is 18.2 Å². The molecule has 0 bridgehead atoms. The van der Waals surface area contributed by atoms with Gasteiger partial charge >= 0.3 is 5.97 Å². The molecular formula is C29H29F4N3O7. The highest BCUT2D eigenvalue weighted by molar-refractivity contribution is 6.04. The number of esters is 1. The summed E-state index contributed by atoms with van der Waals surface area (Å²) in [7, 11) is 0. The maximum atomic E-state index is 14.0. The number of rotatable bonds is 9. The number of ether oxygens (including phenoxy) is 2. The first kappa shape index (κ1) is 31.4. The number of nitrogens with one attached hydrogen (secondary N) is 1. The van der Waals surface area contributed by atoms with Crippen molar-refractivity contribution >= 4 is 34.5 Å². The van der Waals surface area contributed by atoms with Gasteiger partial charge in [-0.1, -0.05) is 17.3 Å². The number of piperidine rings is 1. The molecule has 0 saturated carbocycles. The van der Waals surface area contributed by atoms with E-state index in [0.29, 0.717) is 11.0 Å². The molecule has 2 heterocycles. The molecule has 43 heavy (non-hydrogen) atoms. The van der Waals surface area contributed by atoms with Crippen LogP contribution in [0.4, 0.5) is 17.6 Å². The Kier molecular flexibility index (Phi) is 9.36. The van der Waals surface area contributed by atoms with Crippen molar-refractivity contribution in [2.45, 2.75) is 51.7 Å². The van der Waals surface area contributed by atoms with Crippen LogP contribution in [0.5, 0.6) is 5.75 Å². The van der Waals surface area contributed by atoms with Crippen LogP contribution in [-0.2, 0) is 19.1 Å². The first-order valence-electron chi connectivity index (χ1n) is 13.4. The average Bonchev–Trinajstić information content (AvgIpc) is 3.38. The molecule has 230 valence electrons. The lowest BCUT2D eigenvalue weighted by molar-refractivity contribution is -0.156. The summed E-state index contributed by atoms with van der Waals surface area (Å²) in [5.41, 5.74) is -0.323. The molecule has 0 unspecified atom stereocenters. The number of nitrogens with zero attached hydrogens (tertiary/aromatic N) is 2. The van der Waals surface area contributed by atoms with Crippen LogP contribution in [0.3, 0.4) is 0 Å². The summed E-state index contributed by atoms with van der Waals surface area (Å²) < 4.78 is 70.2. The van der Waals surface area contributed by atoms with Gasteiger partial charge in [0.05, 0.1) is 11.8 Å². The lowest BCUT2D eigenvalue weighted by Crippen LogP contribution is -2.49. The number of carbonyl (C=O) groups excluding carboxylic acids is 4. The van der Waals surface area contributed by atoms with Crippen molar-refractivity contribution < 1.29 is 50.7 Å². The molecule has 1 N–H and O–H groups in total. The standard InChI is InChI=1S/C29H29F4N3O7/c1-29(2,3)42-22(38)13-19(20(37)14-41-26-23(32)17(30)12-18(31)24(26)33)34-27(39)15-8-10-36(11-9-15)28(40)25-16-6-4-5-7-21(16)43-35-25/h4-7,12,15,19H,8-11,13-14H2,1-3H3,(H,34,39)/t19-/m0/s1. The minimum atomic E-state index is -1.85. The number of carbonyl (C=O) groups is 4. The van der Waals surface area contributed by atoms with Crippen molar-refractivity contribution in [3.63, 3.8) is 0 Å². The Morgan fingerprint density at radius 3 is 2.30 bits per heavy atom. The number of fused-ring (bicyclic) bond motifs is 1. The van der Waals surface area contributed by atoms with E-state index in [-0.39, 0.29) is 43.6 Å². The summed E-state index contributed by atoms with van der Waals surface area (Å²) in [5.74, 6) is -12.1. The normalized spacial score (nSPS) is 14.8. The third-order valence-electron chi connectivity index (χ3n) is 6.66. The van der Waals surface area contributed by atoms with E-state index in [1.54, 1.807) is 45.0 Å². The first-order chi connectivity index (χ1) is 20.2. The number of halogens is 4. The van der Waals surface area contributed by atoms with Gasteiger partial charge in [-0.25, -0.2) is 8.78 Å². The summed E-state index contributed by atoms with van der Waals surface area (Å²) in [4.78, 5) is 53.1. The monoisotopic (exact) mass is 607 g/mol. The fraction of sp³-hybridized carbons (Fsp3) is 0.414. The molecule has 2 amide bonds. The number of likely N-dealkylation sites (tertiary alicyclic amines) is 1. The SMILES string of the molecule is CC(C)(C)OC(=O)C[C@H](NC(=O)C1CCN(C(=O)c2noc3ccccc23)CC1)C(=O)COc1c(F)c(F)cc(F)c1F. The summed E-state index contributed by atoms with van der Waals surface area (Å²) in [6.07, 6.45) is -0.212. The minimum Gasteiger partial charge on any atom is -0.479 e. The Bertz CT molecular complexity index is 1520. The fourth-order valence-electron chi connectivity index (χ4n) is 4.54. The molecule has 3 aromatic rings. The number of hydrogen-bond donors (Lipinski definition) is 1. The molecule has 1 fully saturated rings. The second kappa shape index (κ2) is 12.8. The zero-order valence-corrected chi connectivity index (χ0v) is 23.5. The molecular weight excluding hydrogens is 578 g/mol. The molecule has 1 aromatic heterocycles. The zero-order valence-electron chi connectivity index (χ0n) is 23.5. The predicted molar refractivity (Wildman–Crippen MR) is 142 cm³/mol. The molecule has 0 aliphatic carbocycles. The van der Waals surface area contributed by atoms with Crippen molar-refractivity contribution in [1.82, 2.24) is 15.4 Å². The van der Waals surface area contributed by atoms with Gasteiger partial charge in [-0.15, -0.1) is 0 Å². The first-order valence-corrected chi connectivity index (χ1v) is 13.4. The molecule has 1 aliphatic heterocycles. The van der Waals surface area contributed by atoms with Crippen LogP contribution < -0.4 is 10.1 Å². The van der Waals surface area contributed by atoms with Gasteiger partial charge in [-0.05, 0) is 45.7 Å². The quantitative estimate of drug-likeness (QED) is 0.219. The van der Waals surface area contributed by atoms with Crippen LogP contribution in [0.1, 0.15) is 50.5 Å². The van der Waals surface area contributed by atoms with E-state index in [1.165, 1.54) is 4.90 Å². The lowest BCUT2D eigenvalue weighted by Gasteiger charge is -2.31. The van der Waals surface area contributed by atoms with Gasteiger partial charge in [-0.2, -0.15) is 8.78 Å². The second-order valence-electron chi connectivity index (χ2n) is 11.0. The summed E-state index contributed by atoms with van der Waals surface area (Å²) in [6.45, 7) is 4.02. The van der Waals surface area contributed by atoms with E-state index in [1.807, 2.05) is 0 Å². The van der Waals surface area contributed by atoms with Crippen molar-refractivity contribution in [2.75, 3.05) is 19.7 Å². The van der Waals surface area contributed by atoms with Gasteiger partial charge in [0.2, 0.25) is 17.5 Å². The Morgan fingerprint density at radius 1 is 1.05 bits per heavy atom. The van der Waals surface area contributed by atoms with Crippen LogP contribution in [0.15, 0.2) is 34.9 Å². The van der Waals surface area contributed by atoms with Crippen LogP contribution >= 0.6 is 0 Å². The Labute approximate surface area is 243 Å². The molecule has 10 nitrogen and oxygen atoms in total. The van der Waals surface area contributed by atoms with Gasteiger partial charge in [0.15, 0.2) is 34.4 Å². The highest BCUT2D eigenvalue weighted by Crippen LogP contribution is 2.27. The third-order valence-corrected chi connectivity index (χ3v) is 6.66. The van der Waals surface area contributed by atoms with Crippen LogP contribution in [0.2, 0.25) is 0 Å². The molecule has 1 saturated heterocycles. The summed E-state index contributed by atoms with van der Waals surface area (Å²) in [6, 6.07) is 5.32. The van der Waals surface area contributed by atoms with Crippen molar-refractivity contribution in [3.05, 3.63) is 59.3 Å². The van der Waals surface area contributed by atoms with Gasteiger partial charge in [-0.3, -0.25) is 19.2 Å². The van der Waals surface area contributed by atoms with Crippen LogP contribution in [0.25, 0.3) is 11.0 Å². The molecule has 4 rings (SSSR count). The van der Waals surface area contributed by atoms with Crippen molar-refractivity contribution in [3.8, 4) is 5.75 Å². The number of amides is 2. The van der Waals surface area contributed by atoms with Crippen molar-refractivity contribution in [1.29, 1.82) is 0 Å². The van der Waals surface area contributed by atoms with Gasteiger partial charge < -0.3 is 24.2 Å². The number of ketones is 1. The molecule has 0 spiro atoms. The van der Waals surface area contributed by atoms with E-state index in [9.17, 15) is 36.7 Å². The van der Waals surface area contributed by atoms with E-state index in [2.05, 4.69) is 10.5 Å². The third kappa shape index (κ3) is 7.48. The summed E-state index contributed by atoms with van der Waals surface area (Å²) in [5, 5.41) is 6.87. The molecule has 0 radical (unpaired) electrons. The number of hydrogen-bond acceptors (Lipinski definition) is 8. The Hall–Kier alpha value is -4.49. The summed E-state index contributed by atoms with van der Waals surface area (Å²) >= 11 is 0. The van der Waals surface area contributed by atoms with E-state index in [0.717, 1.165) is 0 Å². The van der Waals surface area contributed by atoms with Crippen LogP contribution in [0, 0.1) is 29.2 Å². The van der Waals surface area contributed by atoms with E-state index in [4.69, 9.17) is 14.0 Å². The fourth-order valence-corrected chi connectivity index (χ4v) is 4.54. The number of para-hydroxylation sites is 1. The van der Waals surface area contributed by atoms with Crippen molar-refractivity contribution in [2.24, 2.45) is 5.92 Å². The number of aromatic nitrogens is 1. The highest BCUT2D eigenvalue weighted by atomic mass is 19.2. The highest BCUT2D eigenvalue weighted by Gasteiger charge is 2.34. The second-order valence-corrected chi connectivity index (χ2v) is 11.0. The Balaban J connectivity index is 1.41. The number of Topliss-reactive ketones (excluding diaryl/α,β-unsaturated/α-hetero) is 1. The number of benzene rings is 2.